The zero-order valence-electron chi connectivity index (χ0n) is 5.70. The zero-order valence-corrected chi connectivity index (χ0v) is 5.70. The van der Waals surface area contributed by atoms with E-state index in [1.807, 2.05) is 13.0 Å². The second-order valence-electron chi connectivity index (χ2n) is 1.98. The molecule has 10 heavy (non-hydrogen) atoms. The summed E-state index contributed by atoms with van der Waals surface area (Å²) in [5.74, 6) is 0. The molecule has 0 bridgehead atoms. The van der Waals surface area contributed by atoms with E-state index < -0.39 is 0 Å². The molecule has 1 aromatic heterocycles. The molecule has 0 aliphatic heterocycles. The summed E-state index contributed by atoms with van der Waals surface area (Å²) in [4.78, 5) is 7.97. The van der Waals surface area contributed by atoms with E-state index in [-0.39, 0.29) is 0 Å². The van der Waals surface area contributed by atoms with Gasteiger partial charge in [-0.05, 0) is 6.92 Å². The number of rotatable bonds is 1. The predicted molar refractivity (Wildman–Crippen MR) is 36.1 cm³/mol. The van der Waals surface area contributed by atoms with E-state index in [4.69, 9.17) is 5.26 Å². The minimum atomic E-state index is 0.341. The van der Waals surface area contributed by atoms with Gasteiger partial charge in [-0.1, -0.05) is 0 Å². The third-order valence-electron chi connectivity index (χ3n) is 1.09. The van der Waals surface area contributed by atoms with Crippen LogP contribution >= 0.6 is 0 Å². The monoisotopic (exact) mass is 133 g/mol. The summed E-state index contributed by atoms with van der Waals surface area (Å²) in [6.45, 7) is 1.86. The fraction of sp³-hybridized carbons (Fsp3) is 0.286. The van der Waals surface area contributed by atoms with Crippen molar-refractivity contribution in [2.24, 2.45) is 0 Å². The van der Waals surface area contributed by atoms with E-state index in [1.54, 1.807) is 12.4 Å². The molecule has 0 aliphatic rings. The largest absolute Gasteiger partial charge is 0.258 e. The van der Waals surface area contributed by atoms with Crippen molar-refractivity contribution in [1.29, 1.82) is 5.26 Å². The molecule has 0 saturated heterocycles. The maximum atomic E-state index is 8.27. The summed E-state index contributed by atoms with van der Waals surface area (Å²) in [6.07, 6.45) is 3.62. The van der Waals surface area contributed by atoms with Crippen LogP contribution in [0.15, 0.2) is 12.4 Å². The first kappa shape index (κ1) is 6.69. The van der Waals surface area contributed by atoms with Crippen molar-refractivity contribution in [2.75, 3.05) is 0 Å². The Kier molecular flexibility index (Phi) is 1.96. The molecule has 1 rings (SSSR count). The Bertz CT molecular complexity index is 245. The molecular weight excluding hydrogens is 126 g/mol. The summed E-state index contributed by atoms with van der Waals surface area (Å²) in [7, 11) is 0. The van der Waals surface area contributed by atoms with Gasteiger partial charge in [-0.2, -0.15) is 5.26 Å². The number of hydrogen-bond acceptors (Lipinski definition) is 3. The maximum absolute atomic E-state index is 8.27. The molecule has 0 fully saturated rings. The predicted octanol–water partition coefficient (Wildman–Crippen LogP) is 0.851. The average molecular weight is 133 g/mol. The van der Waals surface area contributed by atoms with Crippen LogP contribution in [0.25, 0.3) is 0 Å². The van der Waals surface area contributed by atoms with Gasteiger partial charge in [0.15, 0.2) is 0 Å². The molecule has 0 atom stereocenters. The molecule has 3 nitrogen and oxygen atoms in total. The average Bonchev–Trinajstić information content (AvgIpc) is 1.95. The fourth-order valence-electron chi connectivity index (χ4n) is 0.592. The zero-order chi connectivity index (χ0) is 7.40. The first-order chi connectivity index (χ1) is 4.83. The van der Waals surface area contributed by atoms with Gasteiger partial charge >= 0.3 is 0 Å². The van der Waals surface area contributed by atoms with Gasteiger partial charge < -0.3 is 0 Å². The van der Waals surface area contributed by atoms with E-state index in [0.29, 0.717) is 6.42 Å². The fourth-order valence-corrected chi connectivity index (χ4v) is 0.592. The molecule has 0 unspecified atom stereocenters. The Labute approximate surface area is 59.4 Å². The molecule has 3 heteroatoms. The van der Waals surface area contributed by atoms with Crippen molar-refractivity contribution in [3.63, 3.8) is 0 Å². The Balaban J connectivity index is 2.81. The molecule has 1 heterocycles. The third kappa shape index (κ3) is 1.52. The van der Waals surface area contributed by atoms with Crippen molar-refractivity contribution < 1.29 is 0 Å². The molecule has 0 aromatic carbocycles. The smallest absolute Gasteiger partial charge is 0.0790 e. The Morgan fingerprint density at radius 3 is 2.80 bits per heavy atom. The second kappa shape index (κ2) is 2.92. The molecule has 50 valence electrons. The lowest BCUT2D eigenvalue weighted by molar-refractivity contribution is 1.02. The van der Waals surface area contributed by atoms with Gasteiger partial charge in [-0.25, -0.2) is 0 Å². The molecule has 0 radical (unpaired) electrons. The van der Waals surface area contributed by atoms with Gasteiger partial charge in [0.1, 0.15) is 0 Å². The summed E-state index contributed by atoms with van der Waals surface area (Å²) in [5.41, 5.74) is 1.61. The number of nitrogens with zero attached hydrogens (tertiary/aromatic N) is 3. The molecule has 1 aromatic rings. The van der Waals surface area contributed by atoms with Gasteiger partial charge in [-0.3, -0.25) is 9.97 Å². The number of aromatic nitrogens is 2. The highest BCUT2D eigenvalue weighted by atomic mass is 14.8. The lowest BCUT2D eigenvalue weighted by Crippen LogP contribution is -1.90. The standard InChI is InChI=1S/C7H7N3/c1-6-4-10-7(2-3-8)5-9-6/h4-5H,2H2,1H3. The van der Waals surface area contributed by atoms with E-state index in [2.05, 4.69) is 9.97 Å². The Morgan fingerprint density at radius 2 is 2.30 bits per heavy atom. The van der Waals surface area contributed by atoms with Crippen LogP contribution < -0.4 is 0 Å². The van der Waals surface area contributed by atoms with Crippen molar-refractivity contribution in [3.8, 4) is 6.07 Å². The highest BCUT2D eigenvalue weighted by Crippen LogP contribution is 1.93. The highest BCUT2D eigenvalue weighted by molar-refractivity contribution is 5.04. The maximum Gasteiger partial charge on any atom is 0.0790 e. The second-order valence-corrected chi connectivity index (χ2v) is 1.98. The number of aryl methyl sites for hydroxylation is 1. The van der Waals surface area contributed by atoms with Crippen LogP contribution in [0.3, 0.4) is 0 Å². The molecule has 0 aliphatic carbocycles. The van der Waals surface area contributed by atoms with E-state index in [0.717, 1.165) is 11.4 Å². The normalized spacial score (nSPS) is 8.80. The van der Waals surface area contributed by atoms with Crippen LogP contribution in [0.5, 0.6) is 0 Å². The van der Waals surface area contributed by atoms with Gasteiger partial charge in [-0.15, -0.1) is 0 Å². The summed E-state index contributed by atoms with van der Waals surface area (Å²) in [5, 5.41) is 8.27. The van der Waals surface area contributed by atoms with Crippen LogP contribution in [-0.4, -0.2) is 9.97 Å². The molecule has 0 amide bonds. The van der Waals surface area contributed by atoms with E-state index >= 15 is 0 Å². The first-order valence-electron chi connectivity index (χ1n) is 2.97. The Morgan fingerprint density at radius 1 is 1.50 bits per heavy atom. The minimum absolute atomic E-state index is 0.341. The van der Waals surface area contributed by atoms with Crippen molar-refractivity contribution in [3.05, 3.63) is 23.8 Å². The van der Waals surface area contributed by atoms with Crippen LogP contribution in [-0.2, 0) is 6.42 Å². The van der Waals surface area contributed by atoms with Crippen molar-refractivity contribution in [2.45, 2.75) is 13.3 Å². The van der Waals surface area contributed by atoms with Crippen molar-refractivity contribution in [1.82, 2.24) is 9.97 Å². The number of nitriles is 1. The lowest BCUT2D eigenvalue weighted by Gasteiger charge is -1.91. The quantitative estimate of drug-likeness (QED) is 0.570. The van der Waals surface area contributed by atoms with Crippen LogP contribution in [0.4, 0.5) is 0 Å². The van der Waals surface area contributed by atoms with Gasteiger partial charge in [0, 0.05) is 12.4 Å². The third-order valence-corrected chi connectivity index (χ3v) is 1.09. The minimum Gasteiger partial charge on any atom is -0.258 e. The first-order valence-corrected chi connectivity index (χ1v) is 2.97. The van der Waals surface area contributed by atoms with Gasteiger partial charge in [0.05, 0.1) is 23.9 Å². The van der Waals surface area contributed by atoms with Gasteiger partial charge in [0.2, 0.25) is 0 Å². The van der Waals surface area contributed by atoms with Gasteiger partial charge in [0.25, 0.3) is 0 Å². The molecular formula is C7H7N3. The van der Waals surface area contributed by atoms with Crippen LogP contribution in [0, 0.1) is 18.3 Å². The summed E-state index contributed by atoms with van der Waals surface area (Å²) in [6, 6.07) is 2.00. The SMILES string of the molecule is Cc1cnc(CC#N)cn1. The molecule has 0 spiro atoms. The van der Waals surface area contributed by atoms with Crippen molar-refractivity contribution >= 4 is 0 Å². The summed E-state index contributed by atoms with van der Waals surface area (Å²) < 4.78 is 0. The topological polar surface area (TPSA) is 49.6 Å². The van der Waals surface area contributed by atoms with Crippen LogP contribution in [0.2, 0.25) is 0 Å². The number of hydrogen-bond donors (Lipinski definition) is 0. The van der Waals surface area contributed by atoms with E-state index in [9.17, 15) is 0 Å². The Hall–Kier alpha value is -1.43. The molecule has 0 saturated carbocycles. The highest BCUT2D eigenvalue weighted by Gasteiger charge is 1.91. The molecule has 0 N–H and O–H groups in total. The van der Waals surface area contributed by atoms with E-state index in [1.165, 1.54) is 0 Å². The summed E-state index contributed by atoms with van der Waals surface area (Å²) >= 11 is 0. The van der Waals surface area contributed by atoms with Crippen LogP contribution in [0.1, 0.15) is 11.4 Å². The lowest BCUT2D eigenvalue weighted by atomic mass is 10.3.